The molecule has 13 heavy (non-hydrogen) atoms. The van der Waals surface area contributed by atoms with Crippen LogP contribution in [0.2, 0.25) is 0 Å². The fraction of sp³-hybridized carbons (Fsp3) is 0.667. The summed E-state index contributed by atoms with van der Waals surface area (Å²) in [5.74, 6) is 0.772. The molecule has 0 aromatic carbocycles. The topological polar surface area (TPSA) is 70.6 Å². The van der Waals surface area contributed by atoms with Crippen LogP contribution in [0.25, 0.3) is 0 Å². The molecule has 1 heterocycles. The monoisotopic (exact) mass is 183 g/mol. The van der Waals surface area contributed by atoms with E-state index in [1.807, 2.05) is 6.08 Å². The van der Waals surface area contributed by atoms with E-state index >= 15 is 0 Å². The molecule has 0 spiro atoms. The Morgan fingerprint density at radius 1 is 1.77 bits per heavy atom. The first kappa shape index (κ1) is 10.1. The summed E-state index contributed by atoms with van der Waals surface area (Å²) in [6.07, 6.45) is 3.09. The van der Waals surface area contributed by atoms with E-state index in [2.05, 4.69) is 24.3 Å². The SMILES string of the molecule is CC(C)C1=CC(/C(N)=N\O)NCC1. The molecule has 0 fully saturated rings. The van der Waals surface area contributed by atoms with Gasteiger partial charge in [0.2, 0.25) is 0 Å². The number of nitrogens with two attached hydrogens (primary N) is 1. The maximum absolute atomic E-state index is 8.51. The minimum atomic E-state index is -0.101. The van der Waals surface area contributed by atoms with E-state index < -0.39 is 0 Å². The minimum Gasteiger partial charge on any atom is -0.409 e. The van der Waals surface area contributed by atoms with Crippen LogP contribution in [0.15, 0.2) is 16.8 Å². The summed E-state index contributed by atoms with van der Waals surface area (Å²) in [7, 11) is 0. The van der Waals surface area contributed by atoms with Gasteiger partial charge in [0, 0.05) is 0 Å². The van der Waals surface area contributed by atoms with E-state index in [9.17, 15) is 0 Å². The second kappa shape index (κ2) is 4.28. The summed E-state index contributed by atoms with van der Waals surface area (Å²) < 4.78 is 0. The van der Waals surface area contributed by atoms with Gasteiger partial charge in [0.05, 0.1) is 6.04 Å². The predicted octanol–water partition coefficient (Wildman–Crippen LogP) is 0.677. The van der Waals surface area contributed by atoms with Gasteiger partial charge in [0.1, 0.15) is 0 Å². The van der Waals surface area contributed by atoms with E-state index in [0.717, 1.165) is 13.0 Å². The number of oxime groups is 1. The first-order valence-electron chi connectivity index (χ1n) is 4.56. The van der Waals surface area contributed by atoms with Gasteiger partial charge in [-0.3, -0.25) is 0 Å². The highest BCUT2D eigenvalue weighted by Gasteiger charge is 2.17. The molecule has 0 bridgehead atoms. The van der Waals surface area contributed by atoms with E-state index in [1.165, 1.54) is 5.57 Å². The quantitative estimate of drug-likeness (QED) is 0.194. The minimum absolute atomic E-state index is 0.101. The summed E-state index contributed by atoms with van der Waals surface area (Å²) >= 11 is 0. The van der Waals surface area contributed by atoms with Crippen molar-refractivity contribution in [3.63, 3.8) is 0 Å². The summed E-state index contributed by atoms with van der Waals surface area (Å²) in [6, 6.07) is -0.101. The summed E-state index contributed by atoms with van der Waals surface area (Å²) in [4.78, 5) is 0. The molecule has 4 heteroatoms. The standard InChI is InChI=1S/C9H17N3O/c1-6(2)7-3-4-11-8(5-7)9(10)12-13/h5-6,8,11,13H,3-4H2,1-2H3,(H2,10,12). The van der Waals surface area contributed by atoms with Gasteiger partial charge in [-0.15, -0.1) is 0 Å². The molecule has 1 atom stereocenters. The summed E-state index contributed by atoms with van der Waals surface area (Å²) in [5, 5.41) is 14.7. The maximum Gasteiger partial charge on any atom is 0.160 e. The zero-order chi connectivity index (χ0) is 9.84. The second-order valence-electron chi connectivity index (χ2n) is 3.60. The third kappa shape index (κ3) is 2.45. The fourth-order valence-electron chi connectivity index (χ4n) is 1.46. The Hall–Kier alpha value is -1.03. The lowest BCUT2D eigenvalue weighted by Gasteiger charge is -2.23. The lowest BCUT2D eigenvalue weighted by molar-refractivity contribution is 0.315. The van der Waals surface area contributed by atoms with Crippen molar-refractivity contribution in [3.05, 3.63) is 11.6 Å². The van der Waals surface area contributed by atoms with Gasteiger partial charge < -0.3 is 16.3 Å². The number of hydrogen-bond donors (Lipinski definition) is 3. The average Bonchev–Trinajstić information content (AvgIpc) is 2.17. The highest BCUT2D eigenvalue weighted by molar-refractivity contribution is 5.87. The van der Waals surface area contributed by atoms with E-state index in [0.29, 0.717) is 5.92 Å². The number of nitrogens with one attached hydrogen (secondary N) is 1. The van der Waals surface area contributed by atoms with E-state index in [4.69, 9.17) is 10.9 Å². The molecule has 1 aliphatic rings. The molecule has 1 aliphatic heterocycles. The van der Waals surface area contributed by atoms with Gasteiger partial charge in [-0.2, -0.15) is 0 Å². The fourth-order valence-corrected chi connectivity index (χ4v) is 1.46. The Morgan fingerprint density at radius 2 is 2.46 bits per heavy atom. The molecule has 4 nitrogen and oxygen atoms in total. The van der Waals surface area contributed by atoms with Crippen LogP contribution in [0.5, 0.6) is 0 Å². The molecule has 4 N–H and O–H groups in total. The molecule has 0 aromatic rings. The predicted molar refractivity (Wildman–Crippen MR) is 52.7 cm³/mol. The van der Waals surface area contributed by atoms with Gasteiger partial charge >= 0.3 is 0 Å². The number of rotatable bonds is 2. The Kier molecular flexibility index (Phi) is 3.31. The third-order valence-electron chi connectivity index (χ3n) is 2.33. The molecular formula is C9H17N3O. The average molecular weight is 183 g/mol. The van der Waals surface area contributed by atoms with Crippen molar-refractivity contribution in [2.24, 2.45) is 16.8 Å². The van der Waals surface area contributed by atoms with E-state index in [1.54, 1.807) is 0 Å². The van der Waals surface area contributed by atoms with Gasteiger partial charge in [0.15, 0.2) is 5.84 Å². The summed E-state index contributed by atoms with van der Waals surface area (Å²) in [6.45, 7) is 5.20. The first-order valence-corrected chi connectivity index (χ1v) is 4.56. The van der Waals surface area contributed by atoms with Gasteiger partial charge in [0.25, 0.3) is 0 Å². The van der Waals surface area contributed by atoms with Crippen molar-refractivity contribution < 1.29 is 5.21 Å². The van der Waals surface area contributed by atoms with Crippen LogP contribution < -0.4 is 11.1 Å². The van der Waals surface area contributed by atoms with Crippen molar-refractivity contribution in [3.8, 4) is 0 Å². The van der Waals surface area contributed by atoms with Crippen molar-refractivity contribution in [1.82, 2.24) is 5.32 Å². The summed E-state index contributed by atoms with van der Waals surface area (Å²) in [5.41, 5.74) is 6.87. The van der Waals surface area contributed by atoms with Crippen LogP contribution in [0.1, 0.15) is 20.3 Å². The zero-order valence-corrected chi connectivity index (χ0v) is 8.12. The molecule has 0 aliphatic carbocycles. The third-order valence-corrected chi connectivity index (χ3v) is 2.33. The van der Waals surface area contributed by atoms with E-state index in [-0.39, 0.29) is 11.9 Å². The molecule has 0 saturated carbocycles. The van der Waals surface area contributed by atoms with Crippen LogP contribution in [0, 0.1) is 5.92 Å². The lowest BCUT2D eigenvalue weighted by atomic mass is 9.94. The highest BCUT2D eigenvalue weighted by atomic mass is 16.4. The molecular weight excluding hydrogens is 166 g/mol. The Morgan fingerprint density at radius 3 is 3.00 bits per heavy atom. The molecule has 1 rings (SSSR count). The Labute approximate surface area is 78.5 Å². The zero-order valence-electron chi connectivity index (χ0n) is 8.12. The highest BCUT2D eigenvalue weighted by Crippen LogP contribution is 2.17. The molecule has 1 unspecified atom stereocenters. The van der Waals surface area contributed by atoms with Crippen LogP contribution >= 0.6 is 0 Å². The molecule has 0 saturated heterocycles. The number of hydrogen-bond acceptors (Lipinski definition) is 3. The van der Waals surface area contributed by atoms with Crippen molar-refractivity contribution in [2.75, 3.05) is 6.54 Å². The smallest absolute Gasteiger partial charge is 0.160 e. The number of nitrogens with zero attached hydrogens (tertiary/aromatic N) is 1. The normalized spacial score (nSPS) is 24.7. The van der Waals surface area contributed by atoms with Gasteiger partial charge in [-0.25, -0.2) is 0 Å². The van der Waals surface area contributed by atoms with Crippen molar-refractivity contribution in [2.45, 2.75) is 26.3 Å². The lowest BCUT2D eigenvalue weighted by Crippen LogP contribution is -2.43. The number of amidine groups is 1. The largest absolute Gasteiger partial charge is 0.409 e. The first-order chi connectivity index (χ1) is 6.15. The molecule has 0 amide bonds. The van der Waals surface area contributed by atoms with Crippen LogP contribution in [0.4, 0.5) is 0 Å². The van der Waals surface area contributed by atoms with Crippen molar-refractivity contribution in [1.29, 1.82) is 0 Å². The van der Waals surface area contributed by atoms with Crippen LogP contribution in [-0.2, 0) is 0 Å². The van der Waals surface area contributed by atoms with Gasteiger partial charge in [-0.1, -0.05) is 30.7 Å². The Balaban J connectivity index is 2.74. The van der Waals surface area contributed by atoms with Crippen LogP contribution in [-0.4, -0.2) is 23.6 Å². The van der Waals surface area contributed by atoms with Crippen molar-refractivity contribution >= 4 is 5.84 Å². The molecule has 0 aromatic heterocycles. The van der Waals surface area contributed by atoms with Crippen LogP contribution in [0.3, 0.4) is 0 Å². The molecule has 74 valence electrons. The Bertz CT molecular complexity index is 233. The maximum atomic E-state index is 8.51. The molecule has 0 radical (unpaired) electrons. The van der Waals surface area contributed by atoms with Gasteiger partial charge in [-0.05, 0) is 18.9 Å². The second-order valence-corrected chi connectivity index (χ2v) is 3.60.